The second-order valence-corrected chi connectivity index (χ2v) is 4.84. The van der Waals surface area contributed by atoms with Crippen molar-refractivity contribution in [2.45, 2.75) is 25.4 Å². The molecule has 0 aromatic carbocycles. The average molecular weight is 271 g/mol. The molecule has 6 heteroatoms. The van der Waals surface area contributed by atoms with E-state index in [1.165, 1.54) is 12.3 Å². The van der Waals surface area contributed by atoms with Crippen molar-refractivity contribution < 1.29 is 15.0 Å². The van der Waals surface area contributed by atoms with Crippen LogP contribution in [0.1, 0.15) is 29.6 Å². The van der Waals surface area contributed by atoms with Crippen molar-refractivity contribution in [1.29, 1.82) is 0 Å². The van der Waals surface area contributed by atoms with Crippen LogP contribution in [0.5, 0.6) is 0 Å². The number of pyridine rings is 1. The van der Waals surface area contributed by atoms with Gasteiger partial charge in [0.1, 0.15) is 5.82 Å². The van der Waals surface area contributed by atoms with Gasteiger partial charge in [-0.3, -0.25) is 0 Å². The zero-order valence-corrected chi connectivity index (χ0v) is 10.5. The van der Waals surface area contributed by atoms with Crippen LogP contribution in [0.3, 0.4) is 0 Å². The maximum Gasteiger partial charge on any atom is 0.337 e. The first kappa shape index (κ1) is 13.1. The molecule has 1 aromatic heterocycles. The van der Waals surface area contributed by atoms with Crippen LogP contribution in [-0.2, 0) is 0 Å². The van der Waals surface area contributed by atoms with Crippen molar-refractivity contribution in [2.75, 3.05) is 11.9 Å². The van der Waals surface area contributed by atoms with Gasteiger partial charge in [-0.05, 0) is 18.9 Å². The summed E-state index contributed by atoms with van der Waals surface area (Å²) in [6.07, 6.45) is 3.92. The molecule has 0 bridgehead atoms. The van der Waals surface area contributed by atoms with E-state index in [-0.39, 0.29) is 22.6 Å². The number of aliphatic hydroxyl groups is 1. The van der Waals surface area contributed by atoms with Crippen molar-refractivity contribution >= 4 is 23.4 Å². The van der Waals surface area contributed by atoms with E-state index in [1.807, 2.05) is 0 Å². The molecule has 1 aliphatic carbocycles. The molecule has 18 heavy (non-hydrogen) atoms. The molecule has 5 nitrogen and oxygen atoms in total. The smallest absolute Gasteiger partial charge is 0.337 e. The summed E-state index contributed by atoms with van der Waals surface area (Å²) in [6, 6.07) is 1.36. The molecular weight excluding hydrogens is 256 g/mol. The van der Waals surface area contributed by atoms with Crippen LogP contribution in [0.25, 0.3) is 0 Å². The van der Waals surface area contributed by atoms with Crippen molar-refractivity contribution in [3.05, 3.63) is 22.8 Å². The molecule has 1 heterocycles. The van der Waals surface area contributed by atoms with Crippen LogP contribution in [0.2, 0.25) is 5.02 Å². The number of aromatic carboxylic acids is 1. The zero-order valence-electron chi connectivity index (χ0n) is 9.77. The topological polar surface area (TPSA) is 82.5 Å². The minimum Gasteiger partial charge on any atom is -0.478 e. The molecule has 0 saturated heterocycles. The Kier molecular flexibility index (Phi) is 4.04. The minimum absolute atomic E-state index is 0.0288. The number of aliphatic hydroxyl groups excluding tert-OH is 1. The highest BCUT2D eigenvalue weighted by atomic mass is 35.5. The van der Waals surface area contributed by atoms with Gasteiger partial charge in [-0.2, -0.15) is 0 Å². The predicted molar refractivity (Wildman–Crippen MR) is 68.0 cm³/mol. The summed E-state index contributed by atoms with van der Waals surface area (Å²) in [7, 11) is 0. The molecule has 2 atom stereocenters. The molecule has 0 aliphatic heterocycles. The Bertz CT molecular complexity index is 453. The highest BCUT2D eigenvalue weighted by Crippen LogP contribution is 2.28. The van der Waals surface area contributed by atoms with Crippen molar-refractivity contribution in [2.24, 2.45) is 5.92 Å². The van der Waals surface area contributed by atoms with E-state index in [0.29, 0.717) is 12.4 Å². The van der Waals surface area contributed by atoms with Gasteiger partial charge < -0.3 is 15.5 Å². The lowest BCUT2D eigenvalue weighted by Crippen LogP contribution is -2.22. The van der Waals surface area contributed by atoms with E-state index < -0.39 is 5.97 Å². The van der Waals surface area contributed by atoms with Gasteiger partial charge in [-0.15, -0.1) is 0 Å². The van der Waals surface area contributed by atoms with Crippen LogP contribution in [0, 0.1) is 5.92 Å². The Morgan fingerprint density at radius 3 is 2.94 bits per heavy atom. The maximum absolute atomic E-state index is 10.9. The molecule has 1 aliphatic rings. The average Bonchev–Trinajstić information content (AvgIpc) is 2.73. The van der Waals surface area contributed by atoms with E-state index in [2.05, 4.69) is 10.3 Å². The number of halogens is 1. The number of rotatable bonds is 4. The van der Waals surface area contributed by atoms with Crippen molar-refractivity contribution in [3.8, 4) is 0 Å². The molecule has 2 unspecified atom stereocenters. The number of nitrogens with zero attached hydrogens (tertiary/aromatic N) is 1. The van der Waals surface area contributed by atoms with Gasteiger partial charge in [0.2, 0.25) is 0 Å². The van der Waals surface area contributed by atoms with Crippen LogP contribution in [-0.4, -0.2) is 33.8 Å². The largest absolute Gasteiger partial charge is 0.478 e. The van der Waals surface area contributed by atoms with Gasteiger partial charge in [0.15, 0.2) is 0 Å². The Hall–Kier alpha value is -1.33. The van der Waals surface area contributed by atoms with Crippen LogP contribution in [0.15, 0.2) is 12.3 Å². The molecule has 1 aromatic rings. The summed E-state index contributed by atoms with van der Waals surface area (Å²) >= 11 is 5.96. The fraction of sp³-hybridized carbons (Fsp3) is 0.500. The Labute approximate surface area is 110 Å². The number of carboxylic acid groups (broad SMARTS) is 1. The molecule has 0 radical (unpaired) electrons. The van der Waals surface area contributed by atoms with E-state index >= 15 is 0 Å². The van der Waals surface area contributed by atoms with Gasteiger partial charge >= 0.3 is 5.97 Å². The Morgan fingerprint density at radius 1 is 1.56 bits per heavy atom. The Morgan fingerprint density at radius 2 is 2.33 bits per heavy atom. The van der Waals surface area contributed by atoms with E-state index in [9.17, 15) is 9.90 Å². The van der Waals surface area contributed by atoms with Crippen molar-refractivity contribution in [3.63, 3.8) is 0 Å². The standard InChI is InChI=1S/C12H15ClN2O3/c13-10-8(12(17)18)4-5-14-11(10)15-6-7-2-1-3-9(7)16/h4-5,7,9,16H,1-3,6H2,(H,14,15)(H,17,18). The normalized spacial score (nSPS) is 23.0. The van der Waals surface area contributed by atoms with Crippen LogP contribution < -0.4 is 5.32 Å². The third-order valence-electron chi connectivity index (χ3n) is 3.27. The van der Waals surface area contributed by atoms with Crippen LogP contribution >= 0.6 is 11.6 Å². The monoisotopic (exact) mass is 270 g/mol. The molecule has 2 rings (SSSR count). The van der Waals surface area contributed by atoms with Gasteiger partial charge in [-0.1, -0.05) is 18.0 Å². The summed E-state index contributed by atoms with van der Waals surface area (Å²) < 4.78 is 0. The fourth-order valence-corrected chi connectivity index (χ4v) is 2.47. The highest BCUT2D eigenvalue weighted by molar-refractivity contribution is 6.35. The number of hydrogen-bond donors (Lipinski definition) is 3. The first-order valence-corrected chi connectivity index (χ1v) is 6.27. The molecule has 98 valence electrons. The second kappa shape index (κ2) is 5.54. The predicted octanol–water partition coefficient (Wildman–Crippen LogP) is 2.01. The van der Waals surface area contributed by atoms with Gasteiger partial charge in [0.25, 0.3) is 0 Å². The zero-order chi connectivity index (χ0) is 13.1. The van der Waals surface area contributed by atoms with Gasteiger partial charge in [0.05, 0.1) is 16.7 Å². The van der Waals surface area contributed by atoms with E-state index in [0.717, 1.165) is 19.3 Å². The van der Waals surface area contributed by atoms with Crippen LogP contribution in [0.4, 0.5) is 5.82 Å². The number of hydrogen-bond acceptors (Lipinski definition) is 4. The third-order valence-corrected chi connectivity index (χ3v) is 3.65. The number of nitrogens with one attached hydrogen (secondary N) is 1. The summed E-state index contributed by atoms with van der Waals surface area (Å²) in [4.78, 5) is 14.9. The minimum atomic E-state index is -1.08. The maximum atomic E-state index is 10.9. The summed E-state index contributed by atoms with van der Waals surface area (Å²) in [5, 5.41) is 21.7. The van der Waals surface area contributed by atoms with E-state index in [1.54, 1.807) is 0 Å². The SMILES string of the molecule is O=C(O)c1ccnc(NCC2CCCC2O)c1Cl. The lowest BCUT2D eigenvalue weighted by Gasteiger charge is -2.16. The lowest BCUT2D eigenvalue weighted by atomic mass is 10.1. The Balaban J connectivity index is 2.05. The molecule has 1 fully saturated rings. The van der Waals surface area contributed by atoms with Crippen molar-refractivity contribution in [1.82, 2.24) is 4.98 Å². The second-order valence-electron chi connectivity index (χ2n) is 4.47. The van der Waals surface area contributed by atoms with Gasteiger partial charge in [0, 0.05) is 18.7 Å². The third kappa shape index (κ3) is 2.73. The molecule has 0 amide bonds. The molecule has 3 N–H and O–H groups in total. The summed E-state index contributed by atoms with van der Waals surface area (Å²) in [6.45, 7) is 0.553. The first-order chi connectivity index (χ1) is 8.59. The number of aromatic nitrogens is 1. The summed E-state index contributed by atoms with van der Waals surface area (Å²) in [5.41, 5.74) is 0.0288. The number of carbonyl (C=O) groups is 1. The van der Waals surface area contributed by atoms with E-state index in [4.69, 9.17) is 16.7 Å². The van der Waals surface area contributed by atoms with Gasteiger partial charge in [-0.25, -0.2) is 9.78 Å². The number of carboxylic acids is 1. The summed E-state index contributed by atoms with van der Waals surface area (Å²) in [5.74, 6) is -0.543. The lowest BCUT2D eigenvalue weighted by molar-refractivity contribution is 0.0697. The molecule has 1 saturated carbocycles. The quantitative estimate of drug-likeness (QED) is 0.780. The fourth-order valence-electron chi connectivity index (χ4n) is 2.22. The number of anilines is 1. The molecular formula is C12H15ClN2O3. The highest BCUT2D eigenvalue weighted by Gasteiger charge is 2.25. The first-order valence-electron chi connectivity index (χ1n) is 5.89. The molecule has 0 spiro atoms.